The van der Waals surface area contributed by atoms with Gasteiger partial charge in [0.2, 0.25) is 0 Å². The summed E-state index contributed by atoms with van der Waals surface area (Å²) < 4.78 is 5.91. The van der Waals surface area contributed by atoms with Crippen LogP contribution >= 0.6 is 0 Å². The van der Waals surface area contributed by atoms with Crippen molar-refractivity contribution in [1.29, 1.82) is 0 Å². The summed E-state index contributed by atoms with van der Waals surface area (Å²) in [5.41, 5.74) is 1.99. The molecule has 3 nitrogen and oxygen atoms in total. The first-order valence-corrected chi connectivity index (χ1v) is 7.55. The largest absolute Gasteiger partial charge is 0.490 e. The van der Waals surface area contributed by atoms with E-state index in [0.717, 1.165) is 28.9 Å². The number of hydrogen-bond donors (Lipinski definition) is 1. The summed E-state index contributed by atoms with van der Waals surface area (Å²) >= 11 is 0. The monoisotopic (exact) mass is 270 g/mol. The Hall–Kier alpha value is -1.61. The third-order valence-corrected chi connectivity index (χ3v) is 3.97. The molecule has 1 aromatic heterocycles. The SMILES string of the molecule is Cc1ccc2cccc(OCCNC3CCCC3)c2n1. The van der Waals surface area contributed by atoms with Crippen molar-refractivity contribution in [3.05, 3.63) is 36.0 Å². The van der Waals surface area contributed by atoms with Gasteiger partial charge in [0.1, 0.15) is 17.9 Å². The van der Waals surface area contributed by atoms with E-state index in [9.17, 15) is 0 Å². The molecule has 0 spiro atoms. The Bertz CT molecular complexity index is 576. The summed E-state index contributed by atoms with van der Waals surface area (Å²) in [4.78, 5) is 4.59. The molecule has 3 rings (SSSR count). The van der Waals surface area contributed by atoms with E-state index in [0.29, 0.717) is 12.6 Å². The molecule has 1 aliphatic rings. The topological polar surface area (TPSA) is 34.1 Å². The summed E-state index contributed by atoms with van der Waals surface area (Å²) in [6.45, 7) is 3.62. The first kappa shape index (κ1) is 13.4. The van der Waals surface area contributed by atoms with Crippen molar-refractivity contribution in [3.8, 4) is 5.75 Å². The fourth-order valence-electron chi connectivity index (χ4n) is 2.89. The lowest BCUT2D eigenvalue weighted by atomic mass is 10.2. The predicted octanol–water partition coefficient (Wildman–Crippen LogP) is 3.45. The minimum Gasteiger partial charge on any atom is -0.490 e. The van der Waals surface area contributed by atoms with E-state index in [2.05, 4.69) is 22.4 Å². The van der Waals surface area contributed by atoms with Gasteiger partial charge in [-0.2, -0.15) is 0 Å². The van der Waals surface area contributed by atoms with Crippen LogP contribution in [-0.2, 0) is 0 Å². The van der Waals surface area contributed by atoms with Gasteiger partial charge >= 0.3 is 0 Å². The maximum Gasteiger partial charge on any atom is 0.145 e. The van der Waals surface area contributed by atoms with Crippen molar-refractivity contribution >= 4 is 10.9 Å². The molecule has 0 bridgehead atoms. The number of pyridine rings is 1. The fourth-order valence-corrected chi connectivity index (χ4v) is 2.89. The first-order valence-electron chi connectivity index (χ1n) is 7.55. The number of benzene rings is 1. The van der Waals surface area contributed by atoms with E-state index in [1.165, 1.54) is 25.7 Å². The molecule has 2 aromatic rings. The van der Waals surface area contributed by atoms with Crippen LogP contribution < -0.4 is 10.1 Å². The Morgan fingerprint density at radius 3 is 2.90 bits per heavy atom. The van der Waals surface area contributed by atoms with E-state index < -0.39 is 0 Å². The number of nitrogens with zero attached hydrogens (tertiary/aromatic N) is 1. The Kier molecular flexibility index (Phi) is 4.16. The van der Waals surface area contributed by atoms with Crippen LogP contribution in [0.1, 0.15) is 31.4 Å². The van der Waals surface area contributed by atoms with Crippen LogP contribution in [0.2, 0.25) is 0 Å². The summed E-state index contributed by atoms with van der Waals surface area (Å²) in [6.07, 6.45) is 5.36. The van der Waals surface area contributed by atoms with Gasteiger partial charge in [-0.05, 0) is 31.9 Å². The number of hydrogen-bond acceptors (Lipinski definition) is 3. The highest BCUT2D eigenvalue weighted by atomic mass is 16.5. The van der Waals surface area contributed by atoms with Crippen LogP contribution in [0.25, 0.3) is 10.9 Å². The first-order chi connectivity index (χ1) is 9.83. The second kappa shape index (κ2) is 6.23. The van der Waals surface area contributed by atoms with Crippen LogP contribution in [0.3, 0.4) is 0 Å². The van der Waals surface area contributed by atoms with E-state index in [4.69, 9.17) is 4.74 Å². The molecule has 20 heavy (non-hydrogen) atoms. The molecular weight excluding hydrogens is 248 g/mol. The van der Waals surface area contributed by atoms with Gasteiger partial charge < -0.3 is 10.1 Å². The normalized spacial score (nSPS) is 15.8. The quantitative estimate of drug-likeness (QED) is 0.845. The second-order valence-corrected chi connectivity index (χ2v) is 5.56. The number of fused-ring (bicyclic) bond motifs is 1. The summed E-state index contributed by atoms with van der Waals surface area (Å²) in [5, 5.41) is 4.70. The van der Waals surface area contributed by atoms with Gasteiger partial charge in [-0.1, -0.05) is 31.0 Å². The number of ether oxygens (including phenoxy) is 1. The van der Waals surface area contributed by atoms with Crippen LogP contribution in [0, 0.1) is 6.92 Å². The van der Waals surface area contributed by atoms with Gasteiger partial charge in [0, 0.05) is 23.7 Å². The number of aromatic nitrogens is 1. The smallest absolute Gasteiger partial charge is 0.145 e. The molecule has 1 aromatic carbocycles. The maximum atomic E-state index is 5.91. The lowest BCUT2D eigenvalue weighted by molar-refractivity contribution is 0.308. The minimum atomic E-state index is 0.700. The van der Waals surface area contributed by atoms with Crippen LogP contribution in [-0.4, -0.2) is 24.2 Å². The summed E-state index contributed by atoms with van der Waals surface area (Å²) in [5.74, 6) is 0.888. The Labute approximate surface area is 120 Å². The third-order valence-electron chi connectivity index (χ3n) is 3.97. The van der Waals surface area contributed by atoms with Gasteiger partial charge in [0.15, 0.2) is 0 Å². The average Bonchev–Trinajstić information content (AvgIpc) is 2.97. The standard InChI is InChI=1S/C17H22N2O/c1-13-9-10-14-5-4-8-16(17(14)19-13)20-12-11-18-15-6-2-3-7-15/h4-5,8-10,15,18H,2-3,6-7,11-12H2,1H3. The number of aryl methyl sites for hydroxylation is 1. The Morgan fingerprint density at radius 2 is 2.05 bits per heavy atom. The molecule has 106 valence electrons. The molecular formula is C17H22N2O. The molecule has 1 aliphatic carbocycles. The van der Waals surface area contributed by atoms with Gasteiger partial charge in [-0.15, -0.1) is 0 Å². The van der Waals surface area contributed by atoms with Crippen LogP contribution in [0.15, 0.2) is 30.3 Å². The molecule has 1 saturated carbocycles. The van der Waals surface area contributed by atoms with Crippen molar-refractivity contribution < 1.29 is 4.74 Å². The van der Waals surface area contributed by atoms with Gasteiger partial charge in [-0.25, -0.2) is 4.98 Å². The number of para-hydroxylation sites is 1. The predicted molar refractivity (Wildman–Crippen MR) is 82.2 cm³/mol. The molecule has 1 heterocycles. The van der Waals surface area contributed by atoms with Gasteiger partial charge in [0.05, 0.1) is 0 Å². The van der Waals surface area contributed by atoms with Crippen molar-refractivity contribution in [2.75, 3.05) is 13.2 Å². The highest BCUT2D eigenvalue weighted by Crippen LogP contribution is 2.23. The van der Waals surface area contributed by atoms with E-state index in [1.807, 2.05) is 25.1 Å². The van der Waals surface area contributed by atoms with E-state index >= 15 is 0 Å². The molecule has 0 amide bonds. The average molecular weight is 270 g/mol. The van der Waals surface area contributed by atoms with Crippen LogP contribution in [0.4, 0.5) is 0 Å². The van der Waals surface area contributed by atoms with Gasteiger partial charge in [-0.3, -0.25) is 0 Å². The molecule has 3 heteroatoms. The lowest BCUT2D eigenvalue weighted by Crippen LogP contribution is -2.30. The molecule has 0 aliphatic heterocycles. The lowest BCUT2D eigenvalue weighted by Gasteiger charge is -2.13. The van der Waals surface area contributed by atoms with Crippen LogP contribution in [0.5, 0.6) is 5.75 Å². The Balaban J connectivity index is 1.60. The van der Waals surface area contributed by atoms with Crippen molar-refractivity contribution in [2.24, 2.45) is 0 Å². The minimum absolute atomic E-state index is 0.700. The molecule has 0 unspecified atom stereocenters. The van der Waals surface area contributed by atoms with Crippen molar-refractivity contribution in [2.45, 2.75) is 38.6 Å². The number of rotatable bonds is 5. The molecule has 0 radical (unpaired) electrons. The maximum absolute atomic E-state index is 5.91. The van der Waals surface area contributed by atoms with Gasteiger partial charge in [0.25, 0.3) is 0 Å². The van der Waals surface area contributed by atoms with Crippen molar-refractivity contribution in [1.82, 2.24) is 10.3 Å². The van der Waals surface area contributed by atoms with Crippen molar-refractivity contribution in [3.63, 3.8) is 0 Å². The summed E-state index contributed by atoms with van der Waals surface area (Å²) in [6, 6.07) is 10.9. The van der Waals surface area contributed by atoms with E-state index in [1.54, 1.807) is 0 Å². The zero-order valence-corrected chi connectivity index (χ0v) is 12.1. The van der Waals surface area contributed by atoms with E-state index in [-0.39, 0.29) is 0 Å². The molecule has 0 atom stereocenters. The highest BCUT2D eigenvalue weighted by Gasteiger charge is 2.13. The summed E-state index contributed by atoms with van der Waals surface area (Å²) in [7, 11) is 0. The molecule has 1 N–H and O–H groups in total. The highest BCUT2D eigenvalue weighted by molar-refractivity contribution is 5.84. The number of nitrogens with one attached hydrogen (secondary N) is 1. The third kappa shape index (κ3) is 3.10. The Morgan fingerprint density at radius 1 is 1.20 bits per heavy atom. The second-order valence-electron chi connectivity index (χ2n) is 5.56. The zero-order chi connectivity index (χ0) is 13.8. The molecule has 0 saturated heterocycles. The zero-order valence-electron chi connectivity index (χ0n) is 12.1. The fraction of sp³-hybridized carbons (Fsp3) is 0.471. The molecule has 1 fully saturated rings.